The van der Waals surface area contributed by atoms with Crippen LogP contribution in [0.5, 0.6) is 0 Å². The molecule has 0 amide bonds. The number of para-hydroxylation sites is 1. The van der Waals surface area contributed by atoms with Gasteiger partial charge in [-0.1, -0.05) is 152 Å². The summed E-state index contributed by atoms with van der Waals surface area (Å²) in [6, 6.07) is 67.3. The Bertz CT molecular complexity index is 3030. The van der Waals surface area contributed by atoms with Crippen molar-refractivity contribution in [1.29, 1.82) is 0 Å². The third kappa shape index (κ3) is 4.88. The van der Waals surface area contributed by atoms with Crippen molar-refractivity contribution in [1.82, 2.24) is 9.97 Å². The lowest BCUT2D eigenvalue weighted by molar-refractivity contribution is 1.24. The van der Waals surface area contributed by atoms with Gasteiger partial charge in [0, 0.05) is 37.9 Å². The number of thiophene rings is 1. The van der Waals surface area contributed by atoms with Crippen molar-refractivity contribution < 1.29 is 0 Å². The molecule has 0 spiro atoms. The molecular weight excluding hydrogens is 675 g/mol. The van der Waals surface area contributed by atoms with Gasteiger partial charge in [-0.25, -0.2) is 9.97 Å². The molecule has 4 heteroatoms. The Balaban J connectivity index is 1.14. The average Bonchev–Trinajstić information content (AvgIpc) is 3.63. The first-order valence-corrected chi connectivity index (χ1v) is 19.1. The number of hydrogen-bond donors (Lipinski definition) is 0. The zero-order valence-corrected chi connectivity index (χ0v) is 30.0. The Morgan fingerprint density at radius 2 is 1.02 bits per heavy atom. The molecule has 11 rings (SSSR count). The number of anilines is 3. The highest BCUT2D eigenvalue weighted by Gasteiger charge is 2.28. The molecule has 54 heavy (non-hydrogen) atoms. The van der Waals surface area contributed by atoms with Crippen LogP contribution in [-0.2, 0) is 0 Å². The molecular formula is C50H31N3S. The van der Waals surface area contributed by atoms with Gasteiger partial charge in [-0.2, -0.15) is 0 Å². The fraction of sp³-hybridized carbons (Fsp3) is 0. The largest absolute Gasteiger partial charge is 0.309 e. The second-order valence-corrected chi connectivity index (χ2v) is 14.8. The highest BCUT2D eigenvalue weighted by molar-refractivity contribution is 7.26. The standard InChI is InChI=1S/C50H31N3S/c1-4-13-32(14-5-1)34-23-25-35(26-24-34)47-49-48(42-19-10-11-22-45(42)54-49)52-50(51-47)41-29-30-43-46-39(20-12-21-40(41)46)38-28-27-36(33-15-6-2-7-16-33)31-44(38)53(43)37-17-8-3-9-18-37/h1-31H. The van der Waals surface area contributed by atoms with E-state index in [0.29, 0.717) is 0 Å². The highest BCUT2D eigenvalue weighted by Crippen LogP contribution is 2.53. The van der Waals surface area contributed by atoms with Crippen LogP contribution in [0.1, 0.15) is 0 Å². The number of aromatic nitrogens is 2. The van der Waals surface area contributed by atoms with Crippen LogP contribution in [0.15, 0.2) is 188 Å². The second-order valence-electron chi connectivity index (χ2n) is 13.7. The Labute approximate surface area is 317 Å². The van der Waals surface area contributed by atoms with Gasteiger partial charge in [-0.15, -0.1) is 11.3 Å². The number of fused-ring (bicyclic) bond motifs is 5. The summed E-state index contributed by atoms with van der Waals surface area (Å²) >= 11 is 1.77. The summed E-state index contributed by atoms with van der Waals surface area (Å²) in [6.07, 6.45) is 0. The normalized spacial score (nSPS) is 12.0. The molecule has 0 saturated heterocycles. The lowest BCUT2D eigenvalue weighted by atomic mass is 9.87. The first-order valence-electron chi connectivity index (χ1n) is 18.2. The van der Waals surface area contributed by atoms with Gasteiger partial charge in [0.1, 0.15) is 0 Å². The summed E-state index contributed by atoms with van der Waals surface area (Å²) in [4.78, 5) is 13.2. The van der Waals surface area contributed by atoms with E-state index in [1.807, 2.05) is 0 Å². The van der Waals surface area contributed by atoms with E-state index in [1.165, 1.54) is 49.2 Å². The Hall–Kier alpha value is -6.88. The first kappa shape index (κ1) is 30.7. The van der Waals surface area contributed by atoms with Crippen LogP contribution < -0.4 is 4.90 Å². The molecule has 0 bridgehead atoms. The quantitative estimate of drug-likeness (QED) is 0.178. The summed E-state index contributed by atoms with van der Waals surface area (Å²) in [7, 11) is 0. The zero-order chi connectivity index (χ0) is 35.6. The van der Waals surface area contributed by atoms with Crippen LogP contribution >= 0.6 is 11.3 Å². The van der Waals surface area contributed by atoms with Gasteiger partial charge in [0.2, 0.25) is 0 Å². The SMILES string of the molecule is c1ccc(-c2ccc(-c3nc(-c4ccc5c6c(cccc46)-c4ccc(-c6ccccc6)cc4N5c4ccccc4)nc4c3sc3ccccc34)cc2)cc1. The van der Waals surface area contributed by atoms with Crippen molar-refractivity contribution in [3.63, 3.8) is 0 Å². The van der Waals surface area contributed by atoms with Crippen molar-refractivity contribution in [3.8, 4) is 56.0 Å². The van der Waals surface area contributed by atoms with E-state index in [-0.39, 0.29) is 0 Å². The molecule has 252 valence electrons. The summed E-state index contributed by atoms with van der Waals surface area (Å²) in [6.45, 7) is 0. The zero-order valence-electron chi connectivity index (χ0n) is 29.1. The van der Waals surface area contributed by atoms with Gasteiger partial charge in [0.25, 0.3) is 0 Å². The van der Waals surface area contributed by atoms with Crippen LogP contribution in [0.4, 0.5) is 17.1 Å². The van der Waals surface area contributed by atoms with Gasteiger partial charge in [-0.05, 0) is 69.6 Å². The van der Waals surface area contributed by atoms with E-state index in [1.54, 1.807) is 11.3 Å². The van der Waals surface area contributed by atoms with Crippen LogP contribution in [-0.4, -0.2) is 9.97 Å². The smallest absolute Gasteiger partial charge is 0.161 e. The summed E-state index contributed by atoms with van der Waals surface area (Å²) in [5, 5.41) is 3.49. The fourth-order valence-corrected chi connectivity index (χ4v) is 9.25. The van der Waals surface area contributed by atoms with E-state index in [0.717, 1.165) is 55.0 Å². The van der Waals surface area contributed by atoms with Crippen molar-refractivity contribution in [2.45, 2.75) is 0 Å². The number of rotatable bonds is 5. The predicted octanol–water partition coefficient (Wildman–Crippen LogP) is 14.1. The van der Waals surface area contributed by atoms with Crippen molar-refractivity contribution in [2.24, 2.45) is 0 Å². The maximum Gasteiger partial charge on any atom is 0.161 e. The predicted molar refractivity (Wildman–Crippen MR) is 228 cm³/mol. The van der Waals surface area contributed by atoms with E-state index in [9.17, 15) is 0 Å². The second kappa shape index (κ2) is 12.4. The molecule has 0 aliphatic carbocycles. The van der Waals surface area contributed by atoms with Crippen molar-refractivity contribution in [2.75, 3.05) is 4.90 Å². The van der Waals surface area contributed by atoms with Crippen LogP contribution in [0.25, 0.3) is 87.1 Å². The van der Waals surface area contributed by atoms with Gasteiger partial charge < -0.3 is 4.90 Å². The van der Waals surface area contributed by atoms with Crippen LogP contribution in [0.3, 0.4) is 0 Å². The molecule has 2 aromatic heterocycles. The lowest BCUT2D eigenvalue weighted by Crippen LogP contribution is -2.15. The summed E-state index contributed by atoms with van der Waals surface area (Å²) in [5.41, 5.74) is 14.7. The average molecular weight is 706 g/mol. The molecule has 3 nitrogen and oxygen atoms in total. The minimum Gasteiger partial charge on any atom is -0.309 e. The molecule has 8 aromatic carbocycles. The molecule has 0 N–H and O–H groups in total. The van der Waals surface area contributed by atoms with E-state index >= 15 is 0 Å². The molecule has 0 unspecified atom stereocenters. The third-order valence-electron chi connectivity index (χ3n) is 10.6. The van der Waals surface area contributed by atoms with Crippen molar-refractivity contribution >= 4 is 59.5 Å². The molecule has 1 aliphatic heterocycles. The maximum absolute atomic E-state index is 5.44. The number of nitrogens with zero attached hydrogens (tertiary/aromatic N) is 3. The molecule has 1 aliphatic rings. The van der Waals surface area contributed by atoms with Gasteiger partial charge in [-0.3, -0.25) is 0 Å². The number of benzene rings is 8. The number of hydrogen-bond acceptors (Lipinski definition) is 4. The highest BCUT2D eigenvalue weighted by atomic mass is 32.1. The van der Waals surface area contributed by atoms with Gasteiger partial charge in [0.15, 0.2) is 5.82 Å². The first-order chi connectivity index (χ1) is 26.8. The van der Waals surface area contributed by atoms with Gasteiger partial charge in [0.05, 0.1) is 27.3 Å². The Morgan fingerprint density at radius 3 is 1.80 bits per heavy atom. The fourth-order valence-electron chi connectivity index (χ4n) is 8.09. The summed E-state index contributed by atoms with van der Waals surface area (Å²) < 4.78 is 2.32. The Kier molecular flexibility index (Phi) is 7.04. The van der Waals surface area contributed by atoms with E-state index < -0.39 is 0 Å². The van der Waals surface area contributed by atoms with Gasteiger partial charge >= 0.3 is 0 Å². The summed E-state index contributed by atoms with van der Waals surface area (Å²) in [5.74, 6) is 0.730. The molecule has 10 aromatic rings. The van der Waals surface area contributed by atoms with E-state index in [4.69, 9.17) is 9.97 Å². The van der Waals surface area contributed by atoms with Crippen LogP contribution in [0.2, 0.25) is 0 Å². The topological polar surface area (TPSA) is 29.0 Å². The maximum atomic E-state index is 5.44. The Morgan fingerprint density at radius 1 is 0.407 bits per heavy atom. The molecule has 0 fully saturated rings. The molecule has 0 radical (unpaired) electrons. The molecule has 3 heterocycles. The third-order valence-corrected chi connectivity index (χ3v) is 11.8. The minimum absolute atomic E-state index is 0.730. The van der Waals surface area contributed by atoms with E-state index in [2.05, 4.69) is 193 Å². The lowest BCUT2D eigenvalue weighted by Gasteiger charge is -2.34. The minimum atomic E-state index is 0.730. The molecule has 0 atom stereocenters. The van der Waals surface area contributed by atoms with Crippen molar-refractivity contribution in [3.05, 3.63) is 188 Å². The van der Waals surface area contributed by atoms with Crippen LogP contribution in [0, 0.1) is 0 Å². The molecule has 0 saturated carbocycles. The monoisotopic (exact) mass is 705 g/mol.